The molecule has 9 nitrogen and oxygen atoms in total. The third-order valence-electron chi connectivity index (χ3n) is 5.17. The van der Waals surface area contributed by atoms with Gasteiger partial charge in [0.1, 0.15) is 11.6 Å². The van der Waals surface area contributed by atoms with E-state index >= 15 is 0 Å². The number of carbonyl (C=O) groups is 2. The van der Waals surface area contributed by atoms with Gasteiger partial charge in [-0.3, -0.25) is 15.0 Å². The van der Waals surface area contributed by atoms with Crippen LogP contribution in [0.3, 0.4) is 0 Å². The summed E-state index contributed by atoms with van der Waals surface area (Å²) in [7, 11) is 0. The van der Waals surface area contributed by atoms with Gasteiger partial charge in [0.2, 0.25) is 11.8 Å². The quantitative estimate of drug-likeness (QED) is 0.747. The third kappa shape index (κ3) is 5.72. The van der Waals surface area contributed by atoms with Crippen molar-refractivity contribution < 1.29 is 28.3 Å². The second-order valence-corrected chi connectivity index (χ2v) is 9.53. The van der Waals surface area contributed by atoms with Crippen molar-refractivity contribution in [2.75, 3.05) is 25.1 Å². The van der Waals surface area contributed by atoms with Crippen molar-refractivity contribution >= 4 is 17.9 Å². The Morgan fingerprint density at radius 1 is 1.23 bits per heavy atom. The zero-order chi connectivity index (χ0) is 21.9. The lowest BCUT2D eigenvalue weighted by Crippen LogP contribution is -2.57. The molecule has 1 N–H and O–H groups in total. The van der Waals surface area contributed by atoms with Crippen LogP contribution in [0.4, 0.5) is 10.7 Å². The highest BCUT2D eigenvalue weighted by atomic mass is 16.7. The number of ether oxygens (including phenoxy) is 3. The predicted molar refractivity (Wildman–Crippen MR) is 109 cm³/mol. The van der Waals surface area contributed by atoms with Crippen molar-refractivity contribution in [3.05, 3.63) is 11.8 Å². The van der Waals surface area contributed by atoms with Crippen LogP contribution in [0.25, 0.3) is 0 Å². The van der Waals surface area contributed by atoms with E-state index in [9.17, 15) is 9.59 Å². The molecule has 1 aromatic rings. The molecule has 2 atom stereocenters. The summed E-state index contributed by atoms with van der Waals surface area (Å²) in [5.74, 6) is -0.0764. The fourth-order valence-electron chi connectivity index (χ4n) is 3.27. The van der Waals surface area contributed by atoms with Gasteiger partial charge in [-0.25, -0.2) is 4.79 Å². The number of hydrogen-bond acceptors (Lipinski definition) is 7. The number of nitrogens with one attached hydrogen (secondary N) is 1. The number of rotatable bonds is 6. The first-order valence-corrected chi connectivity index (χ1v) is 10.6. The molecule has 30 heavy (non-hydrogen) atoms. The molecular weight excluding hydrogens is 390 g/mol. The zero-order valence-corrected chi connectivity index (χ0v) is 18.5. The standard InChI is InChI=1S/C21H33N3O6/c1-20(2,3)29-19(26)24-10-9-14(24)18(25)22-16-12-15(23-30-16)21(4,5)13-28-17-8-6-7-11-27-17/h12,14,17H,6-11,13H2,1-5H3,(H,22,25). The number of carbonyl (C=O) groups excluding carboxylic acids is 2. The van der Waals surface area contributed by atoms with Crippen LogP contribution >= 0.6 is 0 Å². The van der Waals surface area contributed by atoms with Crippen LogP contribution in [0.15, 0.2) is 10.6 Å². The summed E-state index contributed by atoms with van der Waals surface area (Å²) < 4.78 is 22.1. The Hall–Kier alpha value is -2.13. The number of aromatic nitrogens is 1. The van der Waals surface area contributed by atoms with Crippen molar-refractivity contribution in [2.45, 2.75) is 83.6 Å². The predicted octanol–water partition coefficient (Wildman–Crippen LogP) is 3.44. The van der Waals surface area contributed by atoms with E-state index in [1.54, 1.807) is 26.8 Å². The fourth-order valence-corrected chi connectivity index (χ4v) is 3.27. The van der Waals surface area contributed by atoms with Gasteiger partial charge in [-0.2, -0.15) is 0 Å². The van der Waals surface area contributed by atoms with E-state index in [1.165, 1.54) is 4.90 Å². The average Bonchev–Trinajstić information content (AvgIpc) is 3.07. The average molecular weight is 424 g/mol. The number of anilines is 1. The maximum Gasteiger partial charge on any atom is 0.410 e. The van der Waals surface area contributed by atoms with E-state index in [0.717, 1.165) is 25.9 Å². The Morgan fingerprint density at radius 2 is 2.00 bits per heavy atom. The van der Waals surface area contributed by atoms with E-state index < -0.39 is 23.2 Å². The van der Waals surface area contributed by atoms with Gasteiger partial charge in [-0.05, 0) is 46.5 Å². The highest BCUT2D eigenvalue weighted by Gasteiger charge is 2.40. The highest BCUT2D eigenvalue weighted by molar-refractivity contribution is 5.96. The number of amides is 2. The Kier molecular flexibility index (Phi) is 6.71. The van der Waals surface area contributed by atoms with Crippen LogP contribution in [0.2, 0.25) is 0 Å². The van der Waals surface area contributed by atoms with Crippen LogP contribution in [-0.4, -0.2) is 59.7 Å². The van der Waals surface area contributed by atoms with Gasteiger partial charge < -0.3 is 18.7 Å². The van der Waals surface area contributed by atoms with Crippen LogP contribution in [0.1, 0.15) is 66.0 Å². The number of likely N-dealkylation sites (tertiary alicyclic amines) is 1. The molecule has 2 amide bonds. The molecule has 2 aliphatic rings. The molecule has 0 aromatic carbocycles. The van der Waals surface area contributed by atoms with Crippen LogP contribution in [-0.2, 0) is 24.4 Å². The minimum absolute atomic E-state index is 0.179. The largest absolute Gasteiger partial charge is 0.444 e. The smallest absolute Gasteiger partial charge is 0.410 e. The number of hydrogen-bond donors (Lipinski definition) is 1. The van der Waals surface area contributed by atoms with Crippen LogP contribution in [0.5, 0.6) is 0 Å². The molecule has 0 saturated carbocycles. The summed E-state index contributed by atoms with van der Waals surface area (Å²) in [5, 5.41) is 6.80. The molecule has 2 unspecified atom stereocenters. The Morgan fingerprint density at radius 3 is 2.60 bits per heavy atom. The minimum atomic E-state index is -0.607. The van der Waals surface area contributed by atoms with Gasteiger partial charge in [0.05, 0.1) is 12.3 Å². The molecule has 1 aromatic heterocycles. The topological polar surface area (TPSA) is 103 Å². The lowest BCUT2D eigenvalue weighted by Gasteiger charge is -2.39. The lowest BCUT2D eigenvalue weighted by atomic mass is 9.90. The van der Waals surface area contributed by atoms with Crippen LogP contribution in [0, 0.1) is 0 Å². The van der Waals surface area contributed by atoms with Gasteiger partial charge in [0.15, 0.2) is 6.29 Å². The maximum absolute atomic E-state index is 12.6. The molecule has 0 spiro atoms. The summed E-state index contributed by atoms with van der Waals surface area (Å²) in [6.07, 6.45) is 2.98. The Balaban J connectivity index is 1.53. The molecule has 0 radical (unpaired) electrons. The lowest BCUT2D eigenvalue weighted by molar-refractivity contribution is -0.170. The summed E-state index contributed by atoms with van der Waals surface area (Å²) in [4.78, 5) is 26.2. The summed E-state index contributed by atoms with van der Waals surface area (Å²) >= 11 is 0. The normalized spacial score (nSPS) is 22.4. The third-order valence-corrected chi connectivity index (χ3v) is 5.17. The molecule has 3 rings (SSSR count). The van der Waals surface area contributed by atoms with E-state index in [1.807, 2.05) is 13.8 Å². The monoisotopic (exact) mass is 423 g/mol. The van der Waals surface area contributed by atoms with E-state index in [4.69, 9.17) is 18.7 Å². The molecule has 2 aliphatic heterocycles. The van der Waals surface area contributed by atoms with Crippen molar-refractivity contribution in [3.8, 4) is 0 Å². The molecule has 2 saturated heterocycles. The second-order valence-electron chi connectivity index (χ2n) is 9.53. The first kappa shape index (κ1) is 22.6. The highest BCUT2D eigenvalue weighted by Crippen LogP contribution is 2.28. The Labute approximate surface area is 177 Å². The van der Waals surface area contributed by atoms with Crippen molar-refractivity contribution in [3.63, 3.8) is 0 Å². The fraction of sp³-hybridized carbons (Fsp3) is 0.762. The van der Waals surface area contributed by atoms with Crippen molar-refractivity contribution in [1.29, 1.82) is 0 Å². The van der Waals surface area contributed by atoms with E-state index in [2.05, 4.69) is 10.5 Å². The maximum atomic E-state index is 12.6. The van der Waals surface area contributed by atoms with Gasteiger partial charge >= 0.3 is 6.09 Å². The SMILES string of the molecule is CC(C)(C)OC(=O)N1CCC1C(=O)Nc1cc(C(C)(C)COC2CCCCO2)no1. The zero-order valence-electron chi connectivity index (χ0n) is 18.5. The minimum Gasteiger partial charge on any atom is -0.444 e. The molecular formula is C21H33N3O6. The van der Waals surface area contributed by atoms with Gasteiger partial charge in [-0.1, -0.05) is 19.0 Å². The first-order valence-electron chi connectivity index (χ1n) is 10.6. The molecule has 2 fully saturated rings. The summed E-state index contributed by atoms with van der Waals surface area (Å²) in [5.41, 5.74) is -0.345. The molecule has 3 heterocycles. The van der Waals surface area contributed by atoms with Crippen molar-refractivity contribution in [1.82, 2.24) is 10.1 Å². The molecule has 0 bridgehead atoms. The Bertz CT molecular complexity index is 748. The van der Waals surface area contributed by atoms with E-state index in [0.29, 0.717) is 25.3 Å². The van der Waals surface area contributed by atoms with Gasteiger partial charge in [0.25, 0.3) is 0 Å². The van der Waals surface area contributed by atoms with E-state index in [-0.39, 0.29) is 18.1 Å². The second kappa shape index (κ2) is 8.93. The molecule has 0 aliphatic carbocycles. The summed E-state index contributed by atoms with van der Waals surface area (Å²) in [6.45, 7) is 11.0. The molecule has 168 valence electrons. The first-order chi connectivity index (χ1) is 14.0. The number of nitrogens with zero attached hydrogens (tertiary/aromatic N) is 2. The van der Waals surface area contributed by atoms with Crippen molar-refractivity contribution in [2.24, 2.45) is 0 Å². The van der Waals surface area contributed by atoms with Crippen LogP contribution < -0.4 is 5.32 Å². The van der Waals surface area contributed by atoms with Gasteiger partial charge in [0, 0.05) is 24.6 Å². The van der Waals surface area contributed by atoms with Gasteiger partial charge in [-0.15, -0.1) is 0 Å². The summed E-state index contributed by atoms with van der Waals surface area (Å²) in [6, 6.07) is 1.12. The molecule has 9 heteroatoms.